The Kier molecular flexibility index (Phi) is 6.06. The molecule has 0 amide bonds. The van der Waals surface area contributed by atoms with E-state index in [1.165, 1.54) is 36.8 Å². The third-order valence-electron chi connectivity index (χ3n) is 4.62. The predicted molar refractivity (Wildman–Crippen MR) is 85.0 cm³/mol. The van der Waals surface area contributed by atoms with E-state index in [2.05, 4.69) is 43.4 Å². The van der Waals surface area contributed by atoms with E-state index in [9.17, 15) is 0 Å². The molecule has 0 aliphatic heterocycles. The lowest BCUT2D eigenvalue weighted by molar-refractivity contribution is 0.228. The van der Waals surface area contributed by atoms with Crippen LogP contribution in [-0.4, -0.2) is 24.3 Å². The Morgan fingerprint density at radius 2 is 1.90 bits per heavy atom. The van der Waals surface area contributed by atoms with Crippen LogP contribution in [0.1, 0.15) is 56.1 Å². The van der Waals surface area contributed by atoms with Gasteiger partial charge in [-0.25, -0.2) is 0 Å². The van der Waals surface area contributed by atoms with Crippen LogP contribution in [0.2, 0.25) is 0 Å². The van der Waals surface area contributed by atoms with Crippen molar-refractivity contribution in [1.29, 1.82) is 0 Å². The molecule has 2 rings (SSSR count). The SMILES string of the molecule is CCCC(CCO)CNC1CC(c2ccc(C)cc2)C1. The van der Waals surface area contributed by atoms with Crippen LogP contribution in [0.3, 0.4) is 0 Å². The minimum atomic E-state index is 0.322. The Labute approximate surface area is 123 Å². The highest BCUT2D eigenvalue weighted by Gasteiger charge is 2.30. The average molecular weight is 275 g/mol. The summed E-state index contributed by atoms with van der Waals surface area (Å²) in [5.74, 6) is 1.39. The lowest BCUT2D eigenvalue weighted by atomic mass is 9.75. The van der Waals surface area contributed by atoms with Gasteiger partial charge in [-0.1, -0.05) is 43.2 Å². The second kappa shape index (κ2) is 7.80. The van der Waals surface area contributed by atoms with E-state index in [0.29, 0.717) is 18.6 Å². The van der Waals surface area contributed by atoms with Crippen molar-refractivity contribution in [1.82, 2.24) is 5.32 Å². The molecule has 1 unspecified atom stereocenters. The molecule has 1 aliphatic carbocycles. The Balaban J connectivity index is 1.69. The number of aryl methyl sites for hydroxylation is 1. The highest BCUT2D eigenvalue weighted by molar-refractivity contribution is 5.26. The largest absolute Gasteiger partial charge is 0.396 e. The molecule has 1 aromatic carbocycles. The molecule has 0 heterocycles. The highest BCUT2D eigenvalue weighted by Crippen LogP contribution is 2.37. The maximum absolute atomic E-state index is 9.09. The second-order valence-electron chi connectivity index (χ2n) is 6.35. The van der Waals surface area contributed by atoms with Gasteiger partial charge in [-0.15, -0.1) is 0 Å². The molecule has 0 aromatic heterocycles. The third-order valence-corrected chi connectivity index (χ3v) is 4.62. The fraction of sp³-hybridized carbons (Fsp3) is 0.667. The van der Waals surface area contributed by atoms with Crippen LogP contribution in [0.5, 0.6) is 0 Å². The van der Waals surface area contributed by atoms with Crippen molar-refractivity contribution in [3.63, 3.8) is 0 Å². The topological polar surface area (TPSA) is 32.3 Å². The Hall–Kier alpha value is -0.860. The zero-order valence-electron chi connectivity index (χ0n) is 12.9. The van der Waals surface area contributed by atoms with E-state index in [1.54, 1.807) is 0 Å². The van der Waals surface area contributed by atoms with Gasteiger partial charge in [-0.05, 0) is 56.6 Å². The summed E-state index contributed by atoms with van der Waals surface area (Å²) in [6.45, 7) is 5.76. The van der Waals surface area contributed by atoms with Crippen LogP contribution in [0.4, 0.5) is 0 Å². The molecule has 2 heteroatoms. The normalized spacial score (nSPS) is 23.4. The number of hydrogen-bond acceptors (Lipinski definition) is 2. The predicted octanol–water partition coefficient (Wildman–Crippen LogP) is 3.63. The van der Waals surface area contributed by atoms with E-state index < -0.39 is 0 Å². The van der Waals surface area contributed by atoms with Crippen molar-refractivity contribution < 1.29 is 5.11 Å². The summed E-state index contributed by atoms with van der Waals surface area (Å²) >= 11 is 0. The smallest absolute Gasteiger partial charge is 0.0434 e. The summed E-state index contributed by atoms with van der Waals surface area (Å²) in [6.07, 6.45) is 5.90. The highest BCUT2D eigenvalue weighted by atomic mass is 16.3. The molecule has 2 nitrogen and oxygen atoms in total. The van der Waals surface area contributed by atoms with Gasteiger partial charge in [0.25, 0.3) is 0 Å². The van der Waals surface area contributed by atoms with E-state index in [0.717, 1.165) is 18.9 Å². The van der Waals surface area contributed by atoms with Crippen molar-refractivity contribution in [3.05, 3.63) is 35.4 Å². The standard InChI is InChI=1S/C18H29NO/c1-3-4-15(9-10-20)13-19-18-11-17(12-18)16-7-5-14(2)6-8-16/h5-8,15,17-20H,3-4,9-13H2,1-2H3. The Bertz CT molecular complexity index is 375. The minimum Gasteiger partial charge on any atom is -0.396 e. The van der Waals surface area contributed by atoms with Crippen molar-refractivity contribution in [2.24, 2.45) is 5.92 Å². The van der Waals surface area contributed by atoms with E-state index >= 15 is 0 Å². The fourth-order valence-electron chi connectivity index (χ4n) is 3.17. The molecule has 1 fully saturated rings. The molecular weight excluding hydrogens is 246 g/mol. The quantitative estimate of drug-likeness (QED) is 0.759. The molecule has 2 N–H and O–H groups in total. The van der Waals surface area contributed by atoms with E-state index in [1.807, 2.05) is 0 Å². The Morgan fingerprint density at radius 1 is 1.20 bits per heavy atom. The molecule has 0 saturated heterocycles. The molecule has 1 aromatic rings. The van der Waals surface area contributed by atoms with Gasteiger partial charge in [0.15, 0.2) is 0 Å². The van der Waals surface area contributed by atoms with E-state index in [4.69, 9.17) is 5.11 Å². The van der Waals surface area contributed by atoms with Crippen molar-refractivity contribution >= 4 is 0 Å². The summed E-state index contributed by atoms with van der Waals surface area (Å²) in [7, 11) is 0. The second-order valence-corrected chi connectivity index (χ2v) is 6.35. The molecular formula is C18H29NO. The molecule has 20 heavy (non-hydrogen) atoms. The van der Waals surface area contributed by atoms with Gasteiger partial charge in [-0.2, -0.15) is 0 Å². The van der Waals surface area contributed by atoms with E-state index in [-0.39, 0.29) is 0 Å². The molecule has 112 valence electrons. The summed E-state index contributed by atoms with van der Waals surface area (Å²) in [4.78, 5) is 0. The summed E-state index contributed by atoms with van der Waals surface area (Å²) in [6, 6.07) is 9.67. The van der Waals surface area contributed by atoms with Gasteiger partial charge in [0.05, 0.1) is 0 Å². The first-order chi connectivity index (χ1) is 9.72. The Morgan fingerprint density at radius 3 is 2.50 bits per heavy atom. The number of aliphatic hydroxyl groups excluding tert-OH is 1. The van der Waals surface area contributed by atoms with Gasteiger partial charge in [0.2, 0.25) is 0 Å². The first-order valence-electron chi connectivity index (χ1n) is 8.13. The first-order valence-corrected chi connectivity index (χ1v) is 8.13. The summed E-state index contributed by atoms with van der Waals surface area (Å²) in [5, 5.41) is 12.8. The molecule has 1 atom stereocenters. The third kappa shape index (κ3) is 4.32. The number of nitrogens with one attached hydrogen (secondary N) is 1. The van der Waals surface area contributed by atoms with Gasteiger partial charge >= 0.3 is 0 Å². The molecule has 1 saturated carbocycles. The average Bonchev–Trinajstić information content (AvgIpc) is 2.39. The lowest BCUT2D eigenvalue weighted by Crippen LogP contribution is -2.42. The van der Waals surface area contributed by atoms with Gasteiger partial charge < -0.3 is 10.4 Å². The lowest BCUT2D eigenvalue weighted by Gasteiger charge is -2.37. The van der Waals surface area contributed by atoms with Gasteiger partial charge in [0, 0.05) is 12.6 Å². The molecule has 0 bridgehead atoms. The minimum absolute atomic E-state index is 0.322. The zero-order valence-corrected chi connectivity index (χ0v) is 12.9. The van der Waals surface area contributed by atoms with Crippen LogP contribution >= 0.6 is 0 Å². The first kappa shape index (κ1) is 15.5. The monoisotopic (exact) mass is 275 g/mol. The van der Waals surface area contributed by atoms with Crippen molar-refractivity contribution in [2.75, 3.05) is 13.2 Å². The number of benzene rings is 1. The number of hydrogen-bond donors (Lipinski definition) is 2. The van der Waals surface area contributed by atoms with Crippen LogP contribution in [0, 0.1) is 12.8 Å². The maximum Gasteiger partial charge on any atom is 0.0434 e. The maximum atomic E-state index is 9.09. The number of aliphatic hydroxyl groups is 1. The van der Waals surface area contributed by atoms with Crippen LogP contribution in [0.15, 0.2) is 24.3 Å². The fourth-order valence-corrected chi connectivity index (χ4v) is 3.17. The summed E-state index contributed by atoms with van der Waals surface area (Å²) in [5.41, 5.74) is 2.84. The number of rotatable bonds is 8. The van der Waals surface area contributed by atoms with Crippen molar-refractivity contribution in [2.45, 2.75) is 57.9 Å². The zero-order chi connectivity index (χ0) is 14.4. The van der Waals surface area contributed by atoms with Crippen LogP contribution in [0.25, 0.3) is 0 Å². The summed E-state index contributed by atoms with van der Waals surface area (Å²) < 4.78 is 0. The van der Waals surface area contributed by atoms with Gasteiger partial charge in [-0.3, -0.25) is 0 Å². The van der Waals surface area contributed by atoms with Crippen LogP contribution in [-0.2, 0) is 0 Å². The molecule has 1 aliphatic rings. The molecule has 0 radical (unpaired) electrons. The van der Waals surface area contributed by atoms with Gasteiger partial charge in [0.1, 0.15) is 0 Å². The van der Waals surface area contributed by atoms with Crippen molar-refractivity contribution in [3.8, 4) is 0 Å². The van der Waals surface area contributed by atoms with Crippen LogP contribution < -0.4 is 5.32 Å². The molecule has 0 spiro atoms.